The Hall–Kier alpha value is -3.39. The molecule has 146 valence electrons. The van der Waals surface area contributed by atoms with Crippen LogP contribution in [0.3, 0.4) is 0 Å². The van der Waals surface area contributed by atoms with Crippen molar-refractivity contribution in [3.8, 4) is 17.1 Å². The molecule has 0 unspecified atom stereocenters. The summed E-state index contributed by atoms with van der Waals surface area (Å²) in [5, 5.41) is 0.174. The molecule has 9 heteroatoms. The molecule has 0 saturated heterocycles. The lowest BCUT2D eigenvalue weighted by Crippen LogP contribution is -2.31. The number of aromatic nitrogens is 5. The minimum absolute atomic E-state index is 0.00147. The Morgan fingerprint density at radius 3 is 2.69 bits per heavy atom. The molecule has 0 aliphatic heterocycles. The van der Waals surface area contributed by atoms with Crippen molar-refractivity contribution in [3.05, 3.63) is 80.1 Å². The molecule has 4 aromatic rings. The van der Waals surface area contributed by atoms with E-state index in [1.54, 1.807) is 18.3 Å². The first kappa shape index (κ1) is 18.9. The maximum Gasteiger partial charge on any atom is 0.335 e. The first-order valence-electron chi connectivity index (χ1n) is 8.79. The zero-order valence-corrected chi connectivity index (χ0v) is 16.2. The zero-order chi connectivity index (χ0) is 20.7. The number of pyridine rings is 1. The predicted octanol–water partition coefficient (Wildman–Crippen LogP) is 3.45. The first-order valence-corrected chi connectivity index (χ1v) is 9.17. The Kier molecular flexibility index (Phi) is 4.71. The van der Waals surface area contributed by atoms with Crippen LogP contribution in [0.1, 0.15) is 25.3 Å². The fraction of sp³-hybridized carbons (Fsp3) is 0.150. The van der Waals surface area contributed by atoms with Gasteiger partial charge in [0.1, 0.15) is 18.0 Å². The number of H-pyrrole nitrogens is 1. The molecule has 29 heavy (non-hydrogen) atoms. The van der Waals surface area contributed by atoms with E-state index in [9.17, 15) is 14.0 Å². The van der Waals surface area contributed by atoms with Gasteiger partial charge in [-0.1, -0.05) is 37.6 Å². The standard InChI is InChI=1S/C20H15ClFN5O2/c1-10(2)13-8-23-9-24-17(13)27-18-12(19(28)26-20(27)29)7-14(21)16(25-18)11-5-3-4-6-15(11)22/h3-10H,1-2H3,(H,26,28,29). The SMILES string of the molecule is CC(C)c1cncnc1-n1c(=O)[nH]c(=O)c2cc(Cl)c(-c3ccccc3F)nc21. The minimum Gasteiger partial charge on any atom is -0.273 e. The molecule has 1 N–H and O–H groups in total. The van der Waals surface area contributed by atoms with Crippen LogP contribution in [0.15, 0.2) is 52.4 Å². The Labute approximate surface area is 168 Å². The van der Waals surface area contributed by atoms with Gasteiger partial charge in [-0.05, 0) is 24.1 Å². The molecule has 3 heterocycles. The summed E-state index contributed by atoms with van der Waals surface area (Å²) in [7, 11) is 0. The Bertz CT molecular complexity index is 1360. The van der Waals surface area contributed by atoms with Crippen molar-refractivity contribution in [3.63, 3.8) is 0 Å². The summed E-state index contributed by atoms with van der Waals surface area (Å²) >= 11 is 6.31. The third kappa shape index (κ3) is 3.21. The van der Waals surface area contributed by atoms with Crippen LogP contribution < -0.4 is 11.2 Å². The van der Waals surface area contributed by atoms with Gasteiger partial charge in [-0.2, -0.15) is 0 Å². The van der Waals surface area contributed by atoms with E-state index in [2.05, 4.69) is 19.9 Å². The maximum absolute atomic E-state index is 14.4. The highest BCUT2D eigenvalue weighted by molar-refractivity contribution is 6.33. The molecule has 1 aromatic carbocycles. The number of hydrogen-bond acceptors (Lipinski definition) is 5. The van der Waals surface area contributed by atoms with Gasteiger partial charge in [0.2, 0.25) is 0 Å². The molecule has 7 nitrogen and oxygen atoms in total. The second kappa shape index (κ2) is 7.21. The van der Waals surface area contributed by atoms with E-state index in [0.29, 0.717) is 5.56 Å². The minimum atomic E-state index is -0.711. The number of nitrogens with zero attached hydrogens (tertiary/aromatic N) is 4. The van der Waals surface area contributed by atoms with Crippen LogP contribution in [-0.4, -0.2) is 24.5 Å². The highest BCUT2D eigenvalue weighted by Gasteiger charge is 2.20. The monoisotopic (exact) mass is 411 g/mol. The molecule has 0 saturated carbocycles. The van der Waals surface area contributed by atoms with Crippen LogP contribution in [0.2, 0.25) is 5.02 Å². The average molecular weight is 412 g/mol. The van der Waals surface area contributed by atoms with Gasteiger partial charge in [0.05, 0.1) is 16.1 Å². The summed E-state index contributed by atoms with van der Waals surface area (Å²) < 4.78 is 15.5. The normalized spacial score (nSPS) is 11.3. The van der Waals surface area contributed by atoms with E-state index in [-0.39, 0.29) is 39.0 Å². The van der Waals surface area contributed by atoms with Gasteiger partial charge in [0.25, 0.3) is 5.56 Å². The van der Waals surface area contributed by atoms with E-state index in [1.807, 2.05) is 13.8 Å². The van der Waals surface area contributed by atoms with Crippen molar-refractivity contribution in [2.75, 3.05) is 0 Å². The molecule has 0 amide bonds. The first-order chi connectivity index (χ1) is 13.9. The molecular formula is C20H15ClFN5O2. The molecular weight excluding hydrogens is 397 g/mol. The lowest BCUT2D eigenvalue weighted by Gasteiger charge is -2.15. The number of nitrogens with one attached hydrogen (secondary N) is 1. The van der Waals surface area contributed by atoms with Crippen molar-refractivity contribution in [1.82, 2.24) is 24.5 Å². The van der Waals surface area contributed by atoms with E-state index in [0.717, 1.165) is 0 Å². The van der Waals surface area contributed by atoms with Crippen LogP contribution >= 0.6 is 11.6 Å². The van der Waals surface area contributed by atoms with Crippen LogP contribution in [0.25, 0.3) is 28.1 Å². The van der Waals surface area contributed by atoms with Crippen molar-refractivity contribution in [1.29, 1.82) is 0 Å². The number of rotatable bonds is 3. The molecule has 0 spiro atoms. The number of benzene rings is 1. The molecule has 0 fully saturated rings. The largest absolute Gasteiger partial charge is 0.335 e. The highest BCUT2D eigenvalue weighted by Crippen LogP contribution is 2.30. The number of halogens is 2. The average Bonchev–Trinajstić information content (AvgIpc) is 2.69. The van der Waals surface area contributed by atoms with Gasteiger partial charge in [0, 0.05) is 17.3 Å². The van der Waals surface area contributed by atoms with Crippen LogP contribution in [0.4, 0.5) is 4.39 Å². The molecule has 0 aliphatic carbocycles. The molecule has 0 bridgehead atoms. The van der Waals surface area contributed by atoms with Gasteiger partial charge in [0.15, 0.2) is 5.65 Å². The predicted molar refractivity (Wildman–Crippen MR) is 108 cm³/mol. The zero-order valence-electron chi connectivity index (χ0n) is 15.5. The third-order valence-electron chi connectivity index (χ3n) is 4.52. The van der Waals surface area contributed by atoms with Gasteiger partial charge in [-0.15, -0.1) is 0 Å². The fourth-order valence-electron chi connectivity index (χ4n) is 3.10. The second-order valence-corrected chi connectivity index (χ2v) is 7.13. The quantitative estimate of drug-likeness (QED) is 0.557. The lowest BCUT2D eigenvalue weighted by atomic mass is 10.1. The summed E-state index contributed by atoms with van der Waals surface area (Å²) in [6.45, 7) is 3.85. The Balaban J connectivity index is 2.15. The van der Waals surface area contributed by atoms with Crippen molar-refractivity contribution in [2.24, 2.45) is 0 Å². The van der Waals surface area contributed by atoms with Gasteiger partial charge >= 0.3 is 5.69 Å². The Morgan fingerprint density at radius 1 is 1.21 bits per heavy atom. The van der Waals surface area contributed by atoms with Gasteiger partial charge in [-0.3, -0.25) is 9.78 Å². The molecule has 0 aliphatic rings. The molecule has 0 atom stereocenters. The topological polar surface area (TPSA) is 93.5 Å². The summed E-state index contributed by atoms with van der Waals surface area (Å²) in [5.41, 5.74) is -0.357. The van der Waals surface area contributed by atoms with Crippen LogP contribution in [-0.2, 0) is 0 Å². The van der Waals surface area contributed by atoms with Crippen LogP contribution in [0, 0.1) is 5.82 Å². The molecule has 0 radical (unpaired) electrons. The molecule has 3 aromatic heterocycles. The Morgan fingerprint density at radius 2 is 1.97 bits per heavy atom. The van der Waals surface area contributed by atoms with Crippen LogP contribution in [0.5, 0.6) is 0 Å². The summed E-state index contributed by atoms with van der Waals surface area (Å²) in [6, 6.07) is 7.37. The van der Waals surface area contributed by atoms with Crippen molar-refractivity contribution >= 4 is 22.6 Å². The summed E-state index contributed by atoms with van der Waals surface area (Å²) in [6.07, 6.45) is 2.91. The van der Waals surface area contributed by atoms with E-state index >= 15 is 0 Å². The maximum atomic E-state index is 14.4. The van der Waals surface area contributed by atoms with Crippen molar-refractivity contribution in [2.45, 2.75) is 19.8 Å². The van der Waals surface area contributed by atoms with E-state index in [4.69, 9.17) is 11.6 Å². The van der Waals surface area contributed by atoms with E-state index in [1.165, 1.54) is 29.1 Å². The smallest absolute Gasteiger partial charge is 0.273 e. The number of fused-ring (bicyclic) bond motifs is 1. The molecule has 4 rings (SSSR count). The number of aromatic amines is 1. The summed E-state index contributed by atoms with van der Waals surface area (Å²) in [5.74, 6) is -0.237. The highest BCUT2D eigenvalue weighted by atomic mass is 35.5. The van der Waals surface area contributed by atoms with Gasteiger partial charge in [-0.25, -0.2) is 28.7 Å². The fourth-order valence-corrected chi connectivity index (χ4v) is 3.35. The summed E-state index contributed by atoms with van der Waals surface area (Å²) in [4.78, 5) is 40.1. The third-order valence-corrected chi connectivity index (χ3v) is 4.81. The lowest BCUT2D eigenvalue weighted by molar-refractivity contribution is 0.631. The second-order valence-electron chi connectivity index (χ2n) is 6.72. The number of hydrogen-bond donors (Lipinski definition) is 1. The van der Waals surface area contributed by atoms with E-state index < -0.39 is 17.1 Å². The van der Waals surface area contributed by atoms with Crippen molar-refractivity contribution < 1.29 is 4.39 Å². The van der Waals surface area contributed by atoms with Gasteiger partial charge < -0.3 is 0 Å².